The van der Waals surface area contributed by atoms with E-state index >= 15 is 0 Å². The van der Waals surface area contributed by atoms with Gasteiger partial charge in [-0.3, -0.25) is 9.59 Å². The van der Waals surface area contributed by atoms with Crippen LogP contribution in [0.1, 0.15) is 48.5 Å². The molecule has 3 rings (SSSR count). The molecule has 1 saturated heterocycles. The summed E-state index contributed by atoms with van der Waals surface area (Å²) in [6.45, 7) is 8.06. The van der Waals surface area contributed by atoms with Crippen LogP contribution in [0.2, 0.25) is 0 Å². The molecule has 152 valence electrons. The zero-order valence-corrected chi connectivity index (χ0v) is 16.7. The first-order valence-electron chi connectivity index (χ1n) is 9.64. The fourth-order valence-electron chi connectivity index (χ4n) is 3.29. The Morgan fingerprint density at radius 1 is 1.21 bits per heavy atom. The molecule has 1 aliphatic rings. The van der Waals surface area contributed by atoms with Gasteiger partial charge in [-0.2, -0.15) is 5.10 Å². The van der Waals surface area contributed by atoms with Crippen molar-refractivity contribution in [3.05, 3.63) is 35.8 Å². The second kappa shape index (κ2) is 8.55. The highest BCUT2D eigenvalue weighted by Crippen LogP contribution is 2.17. The van der Waals surface area contributed by atoms with Gasteiger partial charge >= 0.3 is 0 Å². The van der Waals surface area contributed by atoms with Gasteiger partial charge in [0.05, 0.1) is 12.3 Å². The average Bonchev–Trinajstić information content (AvgIpc) is 3.24. The summed E-state index contributed by atoms with van der Waals surface area (Å²) >= 11 is 0. The third-order valence-corrected chi connectivity index (χ3v) is 4.98. The topological polar surface area (TPSA) is 110 Å². The third kappa shape index (κ3) is 4.41. The molecule has 1 aliphatic heterocycles. The van der Waals surface area contributed by atoms with E-state index in [1.54, 1.807) is 33.5 Å². The molecule has 9 heteroatoms. The van der Waals surface area contributed by atoms with Crippen molar-refractivity contribution in [2.45, 2.75) is 39.8 Å². The van der Waals surface area contributed by atoms with Crippen LogP contribution in [0.3, 0.4) is 0 Å². The fourth-order valence-corrected chi connectivity index (χ4v) is 3.29. The lowest BCUT2D eigenvalue weighted by atomic mass is 10.1. The van der Waals surface area contributed by atoms with E-state index in [1.807, 2.05) is 13.8 Å². The maximum atomic E-state index is 12.9. The van der Waals surface area contributed by atoms with Gasteiger partial charge in [-0.25, -0.2) is 9.67 Å². The monoisotopic (exact) mass is 388 g/mol. The van der Waals surface area contributed by atoms with Gasteiger partial charge in [-0.15, -0.1) is 0 Å². The molecule has 0 unspecified atom stereocenters. The molecule has 1 atom stereocenters. The molecule has 1 fully saturated rings. The second-order valence-electron chi connectivity index (χ2n) is 7.45. The van der Waals surface area contributed by atoms with Crippen LogP contribution in [0, 0.1) is 12.8 Å². The molecule has 0 bridgehead atoms. The number of nitrogens with two attached hydrogens (primary N) is 1. The number of aryl methyl sites for hydroxylation is 1. The summed E-state index contributed by atoms with van der Waals surface area (Å²) < 4.78 is 6.81. The lowest BCUT2D eigenvalue weighted by Crippen LogP contribution is -2.39. The Balaban J connectivity index is 1.64. The molecule has 0 aromatic carbocycles. The normalized spacial score (nSPS) is 16.3. The lowest BCUT2D eigenvalue weighted by molar-refractivity contribution is -0.132. The van der Waals surface area contributed by atoms with E-state index in [-0.39, 0.29) is 30.3 Å². The van der Waals surface area contributed by atoms with Gasteiger partial charge in [-0.1, -0.05) is 13.8 Å². The van der Waals surface area contributed by atoms with Crippen molar-refractivity contribution in [1.82, 2.24) is 24.6 Å². The van der Waals surface area contributed by atoms with Gasteiger partial charge in [0.2, 0.25) is 5.91 Å². The van der Waals surface area contributed by atoms with E-state index in [4.69, 9.17) is 10.2 Å². The van der Waals surface area contributed by atoms with Gasteiger partial charge < -0.3 is 20.0 Å². The van der Waals surface area contributed by atoms with Crippen LogP contribution >= 0.6 is 0 Å². The van der Waals surface area contributed by atoms with Crippen LogP contribution in [-0.2, 0) is 11.3 Å². The lowest BCUT2D eigenvalue weighted by Gasteiger charge is -2.22. The number of amides is 2. The minimum absolute atomic E-state index is 0.0468. The molecule has 2 aromatic rings. The van der Waals surface area contributed by atoms with E-state index < -0.39 is 0 Å². The highest BCUT2D eigenvalue weighted by molar-refractivity contribution is 5.91. The van der Waals surface area contributed by atoms with E-state index in [0.717, 1.165) is 0 Å². The van der Waals surface area contributed by atoms with Crippen molar-refractivity contribution >= 4 is 11.8 Å². The number of hydrogen-bond acceptors (Lipinski definition) is 6. The maximum absolute atomic E-state index is 12.9. The molecule has 2 amide bonds. The molecular weight excluding hydrogens is 360 g/mol. The minimum atomic E-state index is -0.278. The van der Waals surface area contributed by atoms with Gasteiger partial charge in [0.15, 0.2) is 5.76 Å². The van der Waals surface area contributed by atoms with Crippen LogP contribution in [0.5, 0.6) is 0 Å². The first-order chi connectivity index (χ1) is 13.4. The van der Waals surface area contributed by atoms with Crippen molar-refractivity contribution in [1.29, 1.82) is 0 Å². The molecule has 2 aromatic heterocycles. The van der Waals surface area contributed by atoms with Crippen molar-refractivity contribution in [2.24, 2.45) is 11.7 Å². The smallest absolute Gasteiger partial charge is 0.289 e. The average molecular weight is 388 g/mol. The predicted molar refractivity (Wildman–Crippen MR) is 102 cm³/mol. The van der Waals surface area contributed by atoms with Crippen molar-refractivity contribution in [2.75, 3.05) is 26.2 Å². The Hall–Kier alpha value is -2.68. The molecule has 3 heterocycles. The number of aromatic nitrogens is 3. The molecular formula is C19H28N6O3. The summed E-state index contributed by atoms with van der Waals surface area (Å²) in [4.78, 5) is 33.2. The summed E-state index contributed by atoms with van der Waals surface area (Å²) in [6.07, 6.45) is 2.20. The Morgan fingerprint density at radius 2 is 1.93 bits per heavy atom. The fraction of sp³-hybridized carbons (Fsp3) is 0.579. The van der Waals surface area contributed by atoms with Crippen LogP contribution < -0.4 is 5.73 Å². The first kappa shape index (κ1) is 20.1. The highest BCUT2D eigenvalue weighted by Gasteiger charge is 2.26. The highest BCUT2D eigenvalue weighted by atomic mass is 16.3. The van der Waals surface area contributed by atoms with Crippen LogP contribution in [0.25, 0.3) is 0 Å². The molecule has 0 spiro atoms. The SMILES string of the molecule is Cc1nc([C@@H](N)C(C)C)n(CC(=O)N2CCCN(C(=O)c3ccco3)CC2)n1. The Morgan fingerprint density at radius 3 is 2.61 bits per heavy atom. The maximum Gasteiger partial charge on any atom is 0.289 e. The molecule has 2 N–H and O–H groups in total. The van der Waals surface area contributed by atoms with Gasteiger partial charge in [-0.05, 0) is 31.4 Å². The molecule has 28 heavy (non-hydrogen) atoms. The number of rotatable bonds is 5. The summed E-state index contributed by atoms with van der Waals surface area (Å²) in [6, 6.07) is 3.07. The molecule has 0 radical (unpaired) electrons. The number of hydrogen-bond donors (Lipinski definition) is 1. The van der Waals surface area contributed by atoms with Crippen LogP contribution in [0.15, 0.2) is 22.8 Å². The molecule has 0 saturated carbocycles. The van der Waals surface area contributed by atoms with Gasteiger partial charge in [0, 0.05) is 26.2 Å². The summed E-state index contributed by atoms with van der Waals surface area (Å²) in [5, 5.41) is 4.35. The van der Waals surface area contributed by atoms with Gasteiger partial charge in [0.25, 0.3) is 5.91 Å². The molecule has 9 nitrogen and oxygen atoms in total. The van der Waals surface area contributed by atoms with E-state index in [9.17, 15) is 9.59 Å². The number of furan rings is 1. The zero-order valence-electron chi connectivity index (χ0n) is 16.7. The molecule has 0 aliphatic carbocycles. The Bertz CT molecular complexity index is 814. The number of nitrogens with zero attached hydrogens (tertiary/aromatic N) is 5. The first-order valence-corrected chi connectivity index (χ1v) is 9.64. The van der Waals surface area contributed by atoms with Crippen LogP contribution in [-0.4, -0.2) is 62.6 Å². The largest absolute Gasteiger partial charge is 0.459 e. The van der Waals surface area contributed by atoms with Crippen molar-refractivity contribution in [3.63, 3.8) is 0 Å². The summed E-state index contributed by atoms with van der Waals surface area (Å²) in [7, 11) is 0. The second-order valence-corrected chi connectivity index (χ2v) is 7.45. The Kier molecular flexibility index (Phi) is 6.13. The third-order valence-electron chi connectivity index (χ3n) is 4.98. The van der Waals surface area contributed by atoms with Crippen LogP contribution in [0.4, 0.5) is 0 Å². The van der Waals surface area contributed by atoms with E-state index in [2.05, 4.69) is 10.1 Å². The van der Waals surface area contributed by atoms with Gasteiger partial charge in [0.1, 0.15) is 18.2 Å². The van der Waals surface area contributed by atoms with Crippen molar-refractivity contribution < 1.29 is 14.0 Å². The predicted octanol–water partition coefficient (Wildman–Crippen LogP) is 1.21. The quantitative estimate of drug-likeness (QED) is 0.824. The van der Waals surface area contributed by atoms with E-state index in [0.29, 0.717) is 50.0 Å². The standard InChI is InChI=1S/C19H28N6O3/c1-13(2)17(20)18-21-14(3)22-25(18)12-16(26)23-7-5-8-24(10-9-23)19(27)15-6-4-11-28-15/h4,6,11,13,17H,5,7-10,12,20H2,1-3H3/t17-/m0/s1. The summed E-state index contributed by atoms with van der Waals surface area (Å²) in [5.74, 6) is 1.56. The number of carbonyl (C=O) groups is 2. The zero-order chi connectivity index (χ0) is 20.3. The Labute approximate surface area is 164 Å². The summed E-state index contributed by atoms with van der Waals surface area (Å²) in [5.41, 5.74) is 6.23. The minimum Gasteiger partial charge on any atom is -0.459 e. The van der Waals surface area contributed by atoms with E-state index in [1.165, 1.54) is 6.26 Å². The van der Waals surface area contributed by atoms with Crippen molar-refractivity contribution in [3.8, 4) is 0 Å². The number of carbonyl (C=O) groups excluding carboxylic acids is 2.